The Labute approximate surface area is 136 Å². The number of aromatic nitrogens is 4. The summed E-state index contributed by atoms with van der Waals surface area (Å²) in [7, 11) is 4.44. The molecule has 2 aromatic rings. The zero-order valence-corrected chi connectivity index (χ0v) is 13.8. The van der Waals surface area contributed by atoms with Crippen LogP contribution < -0.4 is 16.1 Å². The van der Waals surface area contributed by atoms with Crippen molar-refractivity contribution in [2.45, 2.75) is 6.54 Å². The summed E-state index contributed by atoms with van der Waals surface area (Å²) in [6.07, 6.45) is 0. The molecule has 0 saturated carbocycles. The summed E-state index contributed by atoms with van der Waals surface area (Å²) in [5.74, 6) is -0.0691. The lowest BCUT2D eigenvalue weighted by Crippen LogP contribution is -2.41. The summed E-state index contributed by atoms with van der Waals surface area (Å²) < 4.78 is 13.7. The molecule has 0 atom stereocenters. The van der Waals surface area contributed by atoms with Crippen LogP contribution in [0.25, 0.3) is 11.2 Å². The fourth-order valence-electron chi connectivity index (χ4n) is 2.81. The monoisotopic (exact) mass is 337 g/mol. The molecule has 0 radical (unpaired) electrons. The van der Waals surface area contributed by atoms with Gasteiger partial charge in [-0.1, -0.05) is 0 Å². The topological polar surface area (TPSA) is 101 Å². The fraction of sp³-hybridized carbons (Fsp3) is 0.571. The molecule has 0 N–H and O–H groups in total. The Bertz CT molecular complexity index is 903. The van der Waals surface area contributed by atoms with E-state index in [-0.39, 0.29) is 11.2 Å². The first kappa shape index (κ1) is 16.2. The SMILES string of the molecule is COC(=O)Cn1c(=O)c2c(nc(N3CCOCC3)n2C)n(C)c1=O. The van der Waals surface area contributed by atoms with E-state index in [1.165, 1.54) is 18.7 Å². The molecule has 0 spiro atoms. The van der Waals surface area contributed by atoms with Crippen LogP contribution in [0, 0.1) is 0 Å². The van der Waals surface area contributed by atoms with Crippen LogP contribution in [0.5, 0.6) is 0 Å². The number of anilines is 1. The molecule has 0 bridgehead atoms. The number of imidazole rings is 1. The largest absolute Gasteiger partial charge is 0.468 e. The first-order valence-corrected chi connectivity index (χ1v) is 7.51. The highest BCUT2D eigenvalue weighted by molar-refractivity contribution is 5.75. The average Bonchev–Trinajstić information content (AvgIpc) is 2.95. The standard InChI is InChI=1S/C14H19N5O5/c1-16-10-11(15-13(16)18-4-6-24-7-5-18)17(2)14(22)19(12(10)21)8-9(20)23-3/h4-8H2,1-3H3. The van der Waals surface area contributed by atoms with Crippen molar-refractivity contribution in [2.75, 3.05) is 38.3 Å². The molecule has 0 aromatic carbocycles. The van der Waals surface area contributed by atoms with Crippen LogP contribution in [0.3, 0.4) is 0 Å². The molecular formula is C14H19N5O5. The third-order valence-corrected chi connectivity index (χ3v) is 4.15. The van der Waals surface area contributed by atoms with Crippen LogP contribution in [0.4, 0.5) is 5.95 Å². The summed E-state index contributed by atoms with van der Waals surface area (Å²) in [6.45, 7) is 2.03. The van der Waals surface area contributed by atoms with Crippen molar-refractivity contribution >= 4 is 23.1 Å². The number of carbonyl (C=O) groups excluding carboxylic acids is 1. The zero-order chi connectivity index (χ0) is 17.4. The van der Waals surface area contributed by atoms with E-state index in [1.54, 1.807) is 11.6 Å². The van der Waals surface area contributed by atoms with Crippen molar-refractivity contribution in [1.82, 2.24) is 18.7 Å². The number of esters is 1. The maximum absolute atomic E-state index is 12.7. The number of hydrogen-bond acceptors (Lipinski definition) is 7. The molecule has 0 amide bonds. The number of methoxy groups -OCH3 is 1. The minimum absolute atomic E-state index is 0.266. The minimum Gasteiger partial charge on any atom is -0.468 e. The molecular weight excluding hydrogens is 318 g/mol. The molecule has 24 heavy (non-hydrogen) atoms. The molecule has 1 saturated heterocycles. The summed E-state index contributed by atoms with van der Waals surface area (Å²) in [5, 5.41) is 0. The molecule has 10 nitrogen and oxygen atoms in total. The smallest absolute Gasteiger partial charge is 0.333 e. The lowest BCUT2D eigenvalue weighted by Gasteiger charge is -2.27. The van der Waals surface area contributed by atoms with E-state index in [4.69, 9.17) is 4.74 Å². The van der Waals surface area contributed by atoms with E-state index in [9.17, 15) is 14.4 Å². The van der Waals surface area contributed by atoms with Crippen molar-refractivity contribution in [3.63, 3.8) is 0 Å². The molecule has 3 heterocycles. The fourth-order valence-corrected chi connectivity index (χ4v) is 2.81. The molecule has 1 fully saturated rings. The Morgan fingerprint density at radius 3 is 2.50 bits per heavy atom. The number of fused-ring (bicyclic) bond motifs is 1. The average molecular weight is 337 g/mol. The number of ether oxygens (including phenoxy) is 2. The molecule has 0 aliphatic carbocycles. The van der Waals surface area contributed by atoms with Crippen LogP contribution in [-0.2, 0) is 34.9 Å². The van der Waals surface area contributed by atoms with Crippen LogP contribution in [0.1, 0.15) is 0 Å². The van der Waals surface area contributed by atoms with Gasteiger partial charge in [0.2, 0.25) is 5.95 Å². The van der Waals surface area contributed by atoms with Crippen LogP contribution >= 0.6 is 0 Å². The van der Waals surface area contributed by atoms with Crippen molar-refractivity contribution in [3.8, 4) is 0 Å². The highest BCUT2D eigenvalue weighted by Gasteiger charge is 2.23. The maximum Gasteiger partial charge on any atom is 0.333 e. The van der Waals surface area contributed by atoms with Gasteiger partial charge in [-0.2, -0.15) is 4.98 Å². The zero-order valence-electron chi connectivity index (χ0n) is 13.8. The Balaban J connectivity index is 2.21. The second kappa shape index (κ2) is 6.11. The summed E-state index contributed by atoms with van der Waals surface area (Å²) >= 11 is 0. The third kappa shape index (κ3) is 2.48. The van der Waals surface area contributed by atoms with Gasteiger partial charge < -0.3 is 18.9 Å². The van der Waals surface area contributed by atoms with E-state index in [1.807, 2.05) is 4.90 Å². The van der Waals surface area contributed by atoms with Gasteiger partial charge in [0.15, 0.2) is 11.2 Å². The van der Waals surface area contributed by atoms with Gasteiger partial charge in [-0.25, -0.2) is 9.36 Å². The molecule has 2 aromatic heterocycles. The van der Waals surface area contributed by atoms with Crippen LogP contribution in [0.2, 0.25) is 0 Å². The quantitative estimate of drug-likeness (QED) is 0.625. The van der Waals surface area contributed by atoms with E-state index < -0.39 is 23.8 Å². The number of aryl methyl sites for hydroxylation is 2. The van der Waals surface area contributed by atoms with Gasteiger partial charge in [-0.3, -0.25) is 14.2 Å². The Morgan fingerprint density at radius 2 is 1.88 bits per heavy atom. The second-order valence-electron chi connectivity index (χ2n) is 5.55. The van der Waals surface area contributed by atoms with E-state index in [2.05, 4.69) is 9.72 Å². The molecule has 10 heteroatoms. The molecule has 3 rings (SSSR count). The molecule has 0 unspecified atom stereocenters. The van der Waals surface area contributed by atoms with Crippen molar-refractivity contribution < 1.29 is 14.3 Å². The lowest BCUT2D eigenvalue weighted by molar-refractivity contribution is -0.141. The van der Waals surface area contributed by atoms with Gasteiger partial charge in [-0.05, 0) is 0 Å². The van der Waals surface area contributed by atoms with Gasteiger partial charge in [0.05, 0.1) is 20.3 Å². The number of rotatable bonds is 3. The Hall–Kier alpha value is -2.62. The second-order valence-corrected chi connectivity index (χ2v) is 5.55. The van der Waals surface area contributed by atoms with Crippen LogP contribution in [-0.4, -0.2) is 58.1 Å². The van der Waals surface area contributed by atoms with Crippen molar-refractivity contribution in [1.29, 1.82) is 0 Å². The normalized spacial score (nSPS) is 15.0. The predicted molar refractivity (Wildman–Crippen MR) is 85.3 cm³/mol. The van der Waals surface area contributed by atoms with Crippen molar-refractivity contribution in [3.05, 3.63) is 20.8 Å². The highest BCUT2D eigenvalue weighted by atomic mass is 16.5. The third-order valence-electron chi connectivity index (χ3n) is 4.15. The molecule has 130 valence electrons. The summed E-state index contributed by atoms with van der Waals surface area (Å²) in [6, 6.07) is 0. The first-order chi connectivity index (χ1) is 11.5. The van der Waals surface area contributed by atoms with Gasteiger partial charge in [0.25, 0.3) is 5.56 Å². The van der Waals surface area contributed by atoms with Gasteiger partial charge in [0.1, 0.15) is 6.54 Å². The van der Waals surface area contributed by atoms with E-state index in [0.29, 0.717) is 32.3 Å². The molecule has 1 aliphatic rings. The highest BCUT2D eigenvalue weighted by Crippen LogP contribution is 2.18. The number of carbonyl (C=O) groups is 1. The van der Waals surface area contributed by atoms with E-state index in [0.717, 1.165) is 4.57 Å². The van der Waals surface area contributed by atoms with Gasteiger partial charge >= 0.3 is 11.7 Å². The maximum atomic E-state index is 12.7. The van der Waals surface area contributed by atoms with E-state index >= 15 is 0 Å². The lowest BCUT2D eigenvalue weighted by atomic mass is 10.4. The minimum atomic E-state index is -0.663. The first-order valence-electron chi connectivity index (χ1n) is 7.51. The Kier molecular flexibility index (Phi) is 4.14. The van der Waals surface area contributed by atoms with Crippen molar-refractivity contribution in [2.24, 2.45) is 14.1 Å². The number of morpholine rings is 1. The predicted octanol–water partition coefficient (Wildman–Crippen LogP) is -1.56. The Morgan fingerprint density at radius 1 is 1.21 bits per heavy atom. The summed E-state index contributed by atoms with van der Waals surface area (Å²) in [5.41, 5.74) is -0.616. The van der Waals surface area contributed by atoms with Gasteiger partial charge in [0, 0.05) is 27.2 Å². The molecule has 1 aliphatic heterocycles. The van der Waals surface area contributed by atoms with Crippen LogP contribution in [0.15, 0.2) is 9.59 Å². The number of hydrogen-bond donors (Lipinski definition) is 0. The van der Waals surface area contributed by atoms with Gasteiger partial charge in [-0.15, -0.1) is 0 Å². The summed E-state index contributed by atoms with van der Waals surface area (Å²) in [4.78, 5) is 43.1. The number of nitrogens with zero attached hydrogens (tertiary/aromatic N) is 5.